The first-order chi connectivity index (χ1) is 8.83. The minimum absolute atomic E-state index is 0.322. The topological polar surface area (TPSA) is 23.6 Å². The number of carbonyl (C=O) groups is 1. The fourth-order valence-corrected chi connectivity index (χ4v) is 3.63. The van der Waals surface area contributed by atoms with E-state index >= 15 is 0 Å². The lowest BCUT2D eigenvalue weighted by atomic mass is 9.99. The molecule has 2 aliphatic heterocycles. The van der Waals surface area contributed by atoms with Gasteiger partial charge in [-0.3, -0.25) is 4.79 Å². The van der Waals surface area contributed by atoms with Crippen molar-refractivity contribution in [2.45, 2.75) is 51.0 Å². The zero-order valence-corrected chi connectivity index (χ0v) is 11.2. The number of ketones is 1. The Bertz CT molecular complexity index is 336. The van der Waals surface area contributed by atoms with Crippen LogP contribution in [0.25, 0.3) is 0 Å². The summed E-state index contributed by atoms with van der Waals surface area (Å²) in [7, 11) is 0. The van der Waals surface area contributed by atoms with E-state index in [0.717, 1.165) is 32.0 Å². The van der Waals surface area contributed by atoms with Crippen molar-refractivity contribution in [2.24, 2.45) is 0 Å². The zero-order valence-electron chi connectivity index (χ0n) is 11.2. The van der Waals surface area contributed by atoms with Gasteiger partial charge in [0.05, 0.1) is 0 Å². The maximum absolute atomic E-state index is 11.3. The number of carbonyl (C=O) groups excluding carboxylic acids is 1. The predicted molar refractivity (Wildman–Crippen MR) is 72.3 cm³/mol. The molecule has 0 amide bonds. The van der Waals surface area contributed by atoms with Crippen LogP contribution in [0.1, 0.15) is 44.9 Å². The Morgan fingerprint density at radius 1 is 0.944 bits per heavy atom. The van der Waals surface area contributed by atoms with Crippen molar-refractivity contribution in [1.82, 2.24) is 9.80 Å². The third kappa shape index (κ3) is 2.61. The van der Waals surface area contributed by atoms with E-state index in [0.29, 0.717) is 5.78 Å². The van der Waals surface area contributed by atoms with Crippen molar-refractivity contribution in [3.63, 3.8) is 0 Å². The number of nitrogens with zero attached hydrogens (tertiary/aromatic N) is 2. The molecule has 1 aliphatic carbocycles. The summed E-state index contributed by atoms with van der Waals surface area (Å²) in [5.74, 6) is 0.322. The van der Waals surface area contributed by atoms with E-state index in [9.17, 15) is 4.79 Å². The number of likely N-dealkylation sites (tertiary alicyclic amines) is 2. The van der Waals surface area contributed by atoms with Gasteiger partial charge >= 0.3 is 0 Å². The Hall–Kier alpha value is -0.830. The smallest absolute Gasteiger partial charge is 0.157 e. The van der Waals surface area contributed by atoms with Gasteiger partial charge in [-0.1, -0.05) is 6.42 Å². The van der Waals surface area contributed by atoms with E-state index in [2.05, 4.69) is 9.80 Å². The maximum atomic E-state index is 11.3. The number of hydrogen-bond acceptors (Lipinski definition) is 3. The van der Waals surface area contributed by atoms with Crippen molar-refractivity contribution < 1.29 is 4.79 Å². The zero-order chi connectivity index (χ0) is 12.4. The van der Waals surface area contributed by atoms with Gasteiger partial charge in [0.2, 0.25) is 0 Å². The number of hydrogen-bond donors (Lipinski definition) is 0. The summed E-state index contributed by atoms with van der Waals surface area (Å²) < 4.78 is 0. The quantitative estimate of drug-likeness (QED) is 0.748. The van der Waals surface area contributed by atoms with Crippen LogP contribution in [-0.2, 0) is 4.79 Å². The molecule has 18 heavy (non-hydrogen) atoms. The van der Waals surface area contributed by atoms with Gasteiger partial charge in [0.1, 0.15) is 0 Å². The van der Waals surface area contributed by atoms with E-state index in [1.165, 1.54) is 50.9 Å². The first-order valence-electron chi connectivity index (χ1n) is 7.55. The molecule has 3 aliphatic rings. The average molecular weight is 248 g/mol. The van der Waals surface area contributed by atoms with Gasteiger partial charge in [-0.05, 0) is 45.2 Å². The van der Waals surface area contributed by atoms with Crippen LogP contribution >= 0.6 is 0 Å². The van der Waals surface area contributed by atoms with Gasteiger partial charge < -0.3 is 9.80 Å². The molecule has 0 radical (unpaired) electrons. The maximum Gasteiger partial charge on any atom is 0.157 e. The fourth-order valence-electron chi connectivity index (χ4n) is 3.63. The van der Waals surface area contributed by atoms with Gasteiger partial charge in [0.25, 0.3) is 0 Å². The third-order valence-corrected chi connectivity index (χ3v) is 4.73. The van der Waals surface area contributed by atoms with Gasteiger partial charge in [0.15, 0.2) is 5.78 Å². The first kappa shape index (κ1) is 12.2. The minimum Gasteiger partial charge on any atom is -0.375 e. The molecule has 0 spiro atoms. The van der Waals surface area contributed by atoms with Crippen LogP contribution in [0.4, 0.5) is 0 Å². The van der Waals surface area contributed by atoms with E-state index in [1.807, 2.05) is 6.08 Å². The first-order valence-corrected chi connectivity index (χ1v) is 7.55. The highest BCUT2D eigenvalue weighted by molar-refractivity contribution is 5.92. The lowest BCUT2D eigenvalue weighted by Gasteiger charge is -2.41. The highest BCUT2D eigenvalue weighted by Crippen LogP contribution is 2.26. The highest BCUT2D eigenvalue weighted by atomic mass is 16.1. The van der Waals surface area contributed by atoms with E-state index in [1.54, 1.807) is 0 Å². The molecule has 100 valence electrons. The minimum atomic E-state index is 0.322. The molecule has 0 saturated carbocycles. The van der Waals surface area contributed by atoms with Gasteiger partial charge in [-0.25, -0.2) is 0 Å². The molecule has 0 bridgehead atoms. The molecule has 2 heterocycles. The molecule has 0 aromatic rings. The molecule has 0 aromatic carbocycles. The Morgan fingerprint density at radius 2 is 1.67 bits per heavy atom. The Kier molecular flexibility index (Phi) is 3.69. The SMILES string of the molecule is O=C1C=C(N2CCC(N3CCCCC3)CC2)CC1. The van der Waals surface area contributed by atoms with Gasteiger partial charge in [-0.2, -0.15) is 0 Å². The predicted octanol–water partition coefficient (Wildman–Crippen LogP) is 2.18. The van der Waals surface area contributed by atoms with Crippen LogP contribution in [0.15, 0.2) is 11.8 Å². The molecule has 0 aromatic heterocycles. The molecule has 2 saturated heterocycles. The highest BCUT2D eigenvalue weighted by Gasteiger charge is 2.27. The van der Waals surface area contributed by atoms with Crippen LogP contribution in [0, 0.1) is 0 Å². The van der Waals surface area contributed by atoms with E-state index in [-0.39, 0.29) is 0 Å². The molecular weight excluding hydrogens is 224 g/mol. The fraction of sp³-hybridized carbons (Fsp3) is 0.800. The summed E-state index contributed by atoms with van der Waals surface area (Å²) >= 11 is 0. The van der Waals surface area contributed by atoms with Crippen LogP contribution < -0.4 is 0 Å². The lowest BCUT2D eigenvalue weighted by Crippen LogP contribution is -2.46. The van der Waals surface area contributed by atoms with Crippen LogP contribution in [0.5, 0.6) is 0 Å². The Labute approximate surface area is 110 Å². The number of allylic oxidation sites excluding steroid dienone is 2. The monoisotopic (exact) mass is 248 g/mol. The lowest BCUT2D eigenvalue weighted by molar-refractivity contribution is -0.114. The second-order valence-corrected chi connectivity index (χ2v) is 5.92. The summed E-state index contributed by atoms with van der Waals surface area (Å²) in [4.78, 5) is 16.4. The second kappa shape index (κ2) is 5.43. The molecule has 3 nitrogen and oxygen atoms in total. The van der Waals surface area contributed by atoms with Crippen molar-refractivity contribution in [2.75, 3.05) is 26.2 Å². The van der Waals surface area contributed by atoms with Crippen molar-refractivity contribution in [1.29, 1.82) is 0 Å². The molecular formula is C15H24N2O. The number of rotatable bonds is 2. The summed E-state index contributed by atoms with van der Waals surface area (Å²) in [5.41, 5.74) is 1.30. The van der Waals surface area contributed by atoms with E-state index in [4.69, 9.17) is 0 Å². The normalized spacial score (nSPS) is 27.7. The van der Waals surface area contributed by atoms with Crippen molar-refractivity contribution in [3.05, 3.63) is 11.8 Å². The summed E-state index contributed by atoms with van der Waals surface area (Å²) in [6.07, 6.45) is 10.4. The van der Waals surface area contributed by atoms with Gasteiger partial charge in [0, 0.05) is 37.3 Å². The largest absolute Gasteiger partial charge is 0.375 e. The summed E-state index contributed by atoms with van der Waals surface area (Å²) in [6.45, 7) is 4.93. The molecule has 0 N–H and O–H groups in total. The Balaban J connectivity index is 1.51. The molecule has 3 rings (SSSR count). The van der Waals surface area contributed by atoms with E-state index < -0.39 is 0 Å². The van der Waals surface area contributed by atoms with Crippen LogP contribution in [-0.4, -0.2) is 47.8 Å². The van der Waals surface area contributed by atoms with Crippen LogP contribution in [0.3, 0.4) is 0 Å². The summed E-state index contributed by atoms with van der Waals surface area (Å²) in [6, 6.07) is 0.805. The molecule has 0 atom stereocenters. The van der Waals surface area contributed by atoms with Gasteiger partial charge in [-0.15, -0.1) is 0 Å². The summed E-state index contributed by atoms with van der Waals surface area (Å²) in [5, 5.41) is 0. The molecule has 3 heteroatoms. The van der Waals surface area contributed by atoms with Crippen LogP contribution in [0.2, 0.25) is 0 Å². The second-order valence-electron chi connectivity index (χ2n) is 5.92. The number of piperidine rings is 2. The Morgan fingerprint density at radius 3 is 2.28 bits per heavy atom. The third-order valence-electron chi connectivity index (χ3n) is 4.73. The van der Waals surface area contributed by atoms with Crippen molar-refractivity contribution >= 4 is 5.78 Å². The molecule has 2 fully saturated rings. The average Bonchev–Trinajstić information content (AvgIpc) is 2.87. The van der Waals surface area contributed by atoms with Crippen molar-refractivity contribution in [3.8, 4) is 0 Å². The standard InChI is InChI=1S/C15H24N2O/c18-15-5-4-14(12-15)17-10-6-13(7-11-17)16-8-2-1-3-9-16/h12-13H,1-11H2. The molecule has 0 unspecified atom stereocenters.